The molecule has 0 fully saturated rings. The Morgan fingerprint density at radius 1 is 0.529 bits per heavy atom. The molecule has 17 heavy (non-hydrogen) atoms. The maximum atomic E-state index is 2.38. The zero-order chi connectivity index (χ0) is 12.6. The van der Waals surface area contributed by atoms with Crippen LogP contribution in [0, 0.1) is 0 Å². The van der Waals surface area contributed by atoms with E-state index in [9.17, 15) is 0 Å². The van der Waals surface area contributed by atoms with E-state index in [2.05, 4.69) is 38.2 Å². The van der Waals surface area contributed by atoms with Crippen LogP contribution in [0.5, 0.6) is 0 Å². The summed E-state index contributed by atoms with van der Waals surface area (Å²) in [5.41, 5.74) is 0. The van der Waals surface area contributed by atoms with Crippen LogP contribution in [0.3, 0.4) is 0 Å². The Hall–Kier alpha value is -0.520. The van der Waals surface area contributed by atoms with Gasteiger partial charge < -0.3 is 0 Å². The second kappa shape index (κ2) is 15.5. The quantitative estimate of drug-likeness (QED) is 0.270. The minimum Gasteiger partial charge on any atom is -0.0888 e. The molecule has 0 aromatic carbocycles. The second-order valence-electron chi connectivity index (χ2n) is 4.84. The molecule has 100 valence electrons. The van der Waals surface area contributed by atoms with Crippen molar-refractivity contribution in [3.63, 3.8) is 0 Å². The van der Waals surface area contributed by atoms with E-state index < -0.39 is 0 Å². The monoisotopic (exact) mass is 236 g/mol. The van der Waals surface area contributed by atoms with Crippen molar-refractivity contribution < 1.29 is 0 Å². The summed E-state index contributed by atoms with van der Waals surface area (Å²) in [6.45, 7) is 4.46. The Bertz CT molecular complexity index is 176. The predicted octanol–water partition coefficient (Wildman–Crippen LogP) is 6.43. The first-order chi connectivity index (χ1) is 8.41. The minimum absolute atomic E-state index is 1.18. The van der Waals surface area contributed by atoms with Gasteiger partial charge in [-0.2, -0.15) is 0 Å². The first kappa shape index (κ1) is 16.5. The van der Waals surface area contributed by atoms with Crippen LogP contribution in [0.2, 0.25) is 0 Å². The molecule has 0 atom stereocenters. The van der Waals surface area contributed by atoms with Crippen molar-refractivity contribution in [2.75, 3.05) is 0 Å². The van der Waals surface area contributed by atoms with Crippen molar-refractivity contribution in [3.05, 3.63) is 24.3 Å². The van der Waals surface area contributed by atoms with Crippen molar-refractivity contribution in [3.8, 4) is 0 Å². The number of hydrogen-bond acceptors (Lipinski definition) is 0. The van der Waals surface area contributed by atoms with E-state index >= 15 is 0 Å². The number of rotatable bonds is 12. The van der Waals surface area contributed by atoms with Gasteiger partial charge in [0.05, 0.1) is 0 Å². The summed E-state index contributed by atoms with van der Waals surface area (Å²) in [4.78, 5) is 0. The maximum absolute atomic E-state index is 2.38. The number of hydrogen-bond donors (Lipinski definition) is 0. The smallest absolute Gasteiger partial charge is 0.0351 e. The summed E-state index contributed by atoms with van der Waals surface area (Å²) in [5.74, 6) is 0. The Labute approximate surface area is 109 Å². The molecule has 0 N–H and O–H groups in total. The van der Waals surface area contributed by atoms with E-state index in [4.69, 9.17) is 0 Å². The lowest BCUT2D eigenvalue weighted by molar-refractivity contribution is 0.650. The molecule has 0 bridgehead atoms. The van der Waals surface area contributed by atoms with Crippen molar-refractivity contribution >= 4 is 0 Å². The fourth-order valence-corrected chi connectivity index (χ4v) is 1.91. The molecule has 0 heterocycles. The van der Waals surface area contributed by atoms with Crippen molar-refractivity contribution in [1.82, 2.24) is 0 Å². The van der Waals surface area contributed by atoms with Gasteiger partial charge in [0.2, 0.25) is 0 Å². The lowest BCUT2D eigenvalue weighted by Crippen LogP contribution is -1.77. The zero-order valence-corrected chi connectivity index (χ0v) is 12.1. The van der Waals surface area contributed by atoms with E-state index in [1.54, 1.807) is 0 Å². The Balaban J connectivity index is 3.05. The summed E-state index contributed by atoms with van der Waals surface area (Å²) < 4.78 is 0. The zero-order valence-electron chi connectivity index (χ0n) is 12.1. The fourth-order valence-electron chi connectivity index (χ4n) is 1.91. The molecule has 0 aromatic rings. The highest BCUT2D eigenvalue weighted by atomic mass is 13.9. The highest BCUT2D eigenvalue weighted by Crippen LogP contribution is 2.07. The highest BCUT2D eigenvalue weighted by molar-refractivity contribution is 4.81. The topological polar surface area (TPSA) is 0 Å². The van der Waals surface area contributed by atoms with Crippen molar-refractivity contribution in [2.45, 2.75) is 84.5 Å². The second-order valence-corrected chi connectivity index (χ2v) is 4.84. The largest absolute Gasteiger partial charge is 0.0888 e. The molecule has 0 heteroatoms. The van der Waals surface area contributed by atoms with E-state index in [-0.39, 0.29) is 0 Å². The average Bonchev–Trinajstić information content (AvgIpc) is 2.35. The molecule has 0 saturated heterocycles. The normalized spacial score (nSPS) is 11.9. The van der Waals surface area contributed by atoms with Crippen molar-refractivity contribution in [1.29, 1.82) is 0 Å². The first-order valence-corrected chi connectivity index (χ1v) is 7.71. The average molecular weight is 236 g/mol. The van der Waals surface area contributed by atoms with Gasteiger partial charge in [-0.1, -0.05) is 63.8 Å². The van der Waals surface area contributed by atoms with Crippen LogP contribution in [0.1, 0.15) is 84.5 Å². The third-order valence-corrected chi connectivity index (χ3v) is 3.03. The maximum Gasteiger partial charge on any atom is -0.0351 e. The summed E-state index contributed by atoms with van der Waals surface area (Å²) in [7, 11) is 0. The molecule has 0 aliphatic heterocycles. The van der Waals surface area contributed by atoms with Gasteiger partial charge in [-0.25, -0.2) is 0 Å². The molecule has 0 rings (SSSR count). The highest BCUT2D eigenvalue weighted by Gasteiger charge is 1.87. The van der Waals surface area contributed by atoms with Crippen LogP contribution in [-0.2, 0) is 0 Å². The molecular formula is C17H32. The summed E-state index contributed by atoms with van der Waals surface area (Å²) in [5, 5.41) is 0. The van der Waals surface area contributed by atoms with Crippen LogP contribution in [-0.4, -0.2) is 0 Å². The molecule has 0 aromatic heterocycles. The summed E-state index contributed by atoms with van der Waals surface area (Å²) >= 11 is 0. The standard InChI is InChI=1S/C17H32/c1-3-5-7-9-11-13-15-17-16-14-12-10-8-6-4-2/h5,7,12,14H,3-4,6,8-11,13,15-17H2,1-2H3/b7-5-,14-12-. The minimum atomic E-state index is 1.18. The van der Waals surface area contributed by atoms with E-state index in [1.165, 1.54) is 70.6 Å². The van der Waals surface area contributed by atoms with Gasteiger partial charge in [0.25, 0.3) is 0 Å². The van der Waals surface area contributed by atoms with Crippen LogP contribution in [0.25, 0.3) is 0 Å². The molecular weight excluding hydrogens is 204 g/mol. The van der Waals surface area contributed by atoms with Gasteiger partial charge in [-0.3, -0.25) is 0 Å². The lowest BCUT2D eigenvalue weighted by atomic mass is 10.1. The SMILES string of the molecule is CC/C=C\CCCCCC/C=C\CCCCC. The lowest BCUT2D eigenvalue weighted by Gasteiger charge is -1.97. The molecule has 0 radical (unpaired) electrons. The molecule has 0 aliphatic rings. The third-order valence-electron chi connectivity index (χ3n) is 3.03. The van der Waals surface area contributed by atoms with E-state index in [0.29, 0.717) is 0 Å². The number of allylic oxidation sites excluding steroid dienone is 4. The van der Waals surface area contributed by atoms with Crippen molar-refractivity contribution in [2.24, 2.45) is 0 Å². The third kappa shape index (κ3) is 15.5. The van der Waals surface area contributed by atoms with E-state index in [1.807, 2.05) is 0 Å². The Morgan fingerprint density at radius 2 is 1.00 bits per heavy atom. The number of unbranched alkanes of at least 4 members (excludes halogenated alkanes) is 8. The summed E-state index contributed by atoms with van der Waals surface area (Å²) in [6, 6.07) is 0. The molecule has 0 saturated carbocycles. The van der Waals surface area contributed by atoms with Crippen LogP contribution in [0.4, 0.5) is 0 Å². The van der Waals surface area contributed by atoms with Gasteiger partial charge >= 0.3 is 0 Å². The molecule has 0 nitrogen and oxygen atoms in total. The van der Waals surface area contributed by atoms with Gasteiger partial charge in [0.15, 0.2) is 0 Å². The van der Waals surface area contributed by atoms with Gasteiger partial charge in [0, 0.05) is 0 Å². The Morgan fingerprint density at radius 3 is 1.47 bits per heavy atom. The fraction of sp³-hybridized carbons (Fsp3) is 0.765. The molecule has 0 spiro atoms. The predicted molar refractivity (Wildman–Crippen MR) is 80.4 cm³/mol. The van der Waals surface area contributed by atoms with Crippen LogP contribution >= 0.6 is 0 Å². The van der Waals surface area contributed by atoms with Gasteiger partial charge in [-0.05, 0) is 44.9 Å². The van der Waals surface area contributed by atoms with E-state index in [0.717, 1.165) is 0 Å². The first-order valence-electron chi connectivity index (χ1n) is 7.71. The Kier molecular flexibility index (Phi) is 15.0. The molecule has 0 unspecified atom stereocenters. The van der Waals surface area contributed by atoms with Crippen LogP contribution < -0.4 is 0 Å². The van der Waals surface area contributed by atoms with Gasteiger partial charge in [-0.15, -0.1) is 0 Å². The molecule has 0 aliphatic carbocycles. The van der Waals surface area contributed by atoms with Crippen LogP contribution in [0.15, 0.2) is 24.3 Å². The summed E-state index contributed by atoms with van der Waals surface area (Å²) in [6.07, 6.45) is 24.0. The molecule has 0 amide bonds. The van der Waals surface area contributed by atoms with Gasteiger partial charge in [0.1, 0.15) is 0 Å².